The summed E-state index contributed by atoms with van der Waals surface area (Å²) in [6.07, 6.45) is 2.00. The van der Waals surface area contributed by atoms with E-state index in [1.807, 2.05) is 41.4 Å². The van der Waals surface area contributed by atoms with Crippen LogP contribution in [0.25, 0.3) is 10.2 Å². The zero-order valence-corrected chi connectivity index (χ0v) is 23.0. The number of esters is 1. The van der Waals surface area contributed by atoms with Gasteiger partial charge in [-0.05, 0) is 30.7 Å². The average molecular weight is 560 g/mol. The molecule has 1 aliphatic heterocycles. The highest BCUT2D eigenvalue weighted by Crippen LogP contribution is 2.28. The van der Waals surface area contributed by atoms with Gasteiger partial charge in [0.1, 0.15) is 9.82 Å². The number of ether oxygens (including phenoxy) is 2. The van der Waals surface area contributed by atoms with Gasteiger partial charge in [0.2, 0.25) is 0 Å². The van der Waals surface area contributed by atoms with E-state index in [0.717, 1.165) is 45.9 Å². The molecule has 3 aromatic rings. The van der Waals surface area contributed by atoms with E-state index in [0.29, 0.717) is 34.3 Å². The van der Waals surface area contributed by atoms with Crippen LogP contribution in [0.1, 0.15) is 22.9 Å². The van der Waals surface area contributed by atoms with E-state index in [1.54, 1.807) is 11.3 Å². The molecule has 36 heavy (non-hydrogen) atoms. The lowest BCUT2D eigenvalue weighted by molar-refractivity contribution is -0.144. The molecule has 0 aliphatic carbocycles. The number of carbonyl (C=O) groups excluding carboxylic acids is 1. The zero-order valence-electron chi connectivity index (χ0n) is 19.8. The standard InChI is InChI=1S/C26H26ClN3O3S3/c1-2-30-16-22(25(35)28-15-18-5-7-19(27)8-6-18)24(34)21-14-20(36-26(21)30)4-3-11-33-23(31)17-29-9-12-32-13-10-29/h5-8,14,16H,2,9-13,15,17H2,1H3,(H,28,35). The molecule has 0 saturated carbocycles. The van der Waals surface area contributed by atoms with Crippen molar-refractivity contribution in [3.8, 4) is 11.8 Å². The lowest BCUT2D eigenvalue weighted by Gasteiger charge is -2.25. The van der Waals surface area contributed by atoms with Gasteiger partial charge in [-0.2, -0.15) is 0 Å². The second-order valence-electron chi connectivity index (χ2n) is 8.15. The van der Waals surface area contributed by atoms with Gasteiger partial charge in [0.25, 0.3) is 0 Å². The van der Waals surface area contributed by atoms with Crippen LogP contribution in [0.5, 0.6) is 0 Å². The molecule has 0 amide bonds. The Hall–Kier alpha value is -2.32. The molecular weight excluding hydrogens is 534 g/mol. The van der Waals surface area contributed by atoms with Gasteiger partial charge in [-0.3, -0.25) is 9.69 Å². The summed E-state index contributed by atoms with van der Waals surface area (Å²) in [5, 5.41) is 4.95. The lowest BCUT2D eigenvalue weighted by atomic mass is 10.2. The summed E-state index contributed by atoms with van der Waals surface area (Å²) in [6, 6.07) is 9.63. The van der Waals surface area contributed by atoms with Gasteiger partial charge in [-0.1, -0.05) is 60.0 Å². The maximum atomic E-state index is 12.0. The first-order chi connectivity index (χ1) is 17.4. The van der Waals surface area contributed by atoms with Crippen molar-refractivity contribution in [1.82, 2.24) is 14.8 Å². The number of nitrogens with one attached hydrogen (secondary N) is 1. The Balaban J connectivity index is 1.43. The van der Waals surface area contributed by atoms with Crippen molar-refractivity contribution in [3.05, 3.63) is 62.1 Å². The number of rotatable bonds is 7. The Morgan fingerprint density at radius 1 is 1.28 bits per heavy atom. The number of aromatic nitrogens is 1. The molecule has 2 aromatic heterocycles. The normalized spacial score (nSPS) is 13.7. The molecular formula is C26H26ClN3O3S3. The number of aryl methyl sites for hydroxylation is 1. The van der Waals surface area contributed by atoms with Gasteiger partial charge in [0, 0.05) is 48.3 Å². The topological polar surface area (TPSA) is 55.7 Å². The third kappa shape index (κ3) is 6.91. The van der Waals surface area contributed by atoms with Crippen molar-refractivity contribution in [3.63, 3.8) is 0 Å². The predicted octanol–water partition coefficient (Wildman–Crippen LogP) is 4.80. The molecule has 1 fully saturated rings. The summed E-state index contributed by atoms with van der Waals surface area (Å²) >= 11 is 19.0. The Morgan fingerprint density at radius 2 is 2.03 bits per heavy atom. The second kappa shape index (κ2) is 12.8. The van der Waals surface area contributed by atoms with E-state index in [9.17, 15) is 4.79 Å². The van der Waals surface area contributed by atoms with E-state index >= 15 is 0 Å². The maximum Gasteiger partial charge on any atom is 0.321 e. The van der Waals surface area contributed by atoms with Crippen LogP contribution in [0.15, 0.2) is 36.5 Å². The number of halogens is 1. The predicted molar refractivity (Wildman–Crippen MR) is 151 cm³/mol. The third-order valence-corrected chi connectivity index (χ3v) is 7.82. The summed E-state index contributed by atoms with van der Waals surface area (Å²) in [6.45, 7) is 6.52. The van der Waals surface area contributed by atoms with Crippen molar-refractivity contribution >= 4 is 68.5 Å². The van der Waals surface area contributed by atoms with Crippen LogP contribution in [0.4, 0.5) is 0 Å². The molecule has 1 N–H and O–H groups in total. The third-order valence-electron chi connectivity index (χ3n) is 5.67. The average Bonchev–Trinajstić information content (AvgIpc) is 3.32. The minimum Gasteiger partial charge on any atom is -0.452 e. The fraction of sp³-hybridized carbons (Fsp3) is 0.346. The number of fused-ring (bicyclic) bond motifs is 1. The Labute approximate surface area is 230 Å². The van der Waals surface area contributed by atoms with Gasteiger partial charge in [0.05, 0.1) is 29.1 Å². The SMILES string of the molecule is CCn1cc(C(=S)NCc2ccc(Cl)cc2)c(=S)c2cc(C#CCOC(=O)CN3CCOCC3)sc21. The van der Waals surface area contributed by atoms with Gasteiger partial charge >= 0.3 is 5.97 Å². The highest BCUT2D eigenvalue weighted by atomic mass is 35.5. The van der Waals surface area contributed by atoms with Crippen LogP contribution in [0.2, 0.25) is 5.02 Å². The summed E-state index contributed by atoms with van der Waals surface area (Å²) in [5.41, 5.74) is 1.90. The molecule has 10 heteroatoms. The Bertz CT molecular complexity index is 1370. The van der Waals surface area contributed by atoms with Gasteiger partial charge in [-0.25, -0.2) is 0 Å². The van der Waals surface area contributed by atoms with Crippen molar-refractivity contribution in [2.75, 3.05) is 39.5 Å². The molecule has 4 rings (SSSR count). The molecule has 1 aromatic carbocycles. The highest BCUT2D eigenvalue weighted by molar-refractivity contribution is 7.80. The van der Waals surface area contributed by atoms with Crippen LogP contribution in [0, 0.1) is 16.4 Å². The number of morpholine rings is 1. The molecule has 0 spiro atoms. The first-order valence-electron chi connectivity index (χ1n) is 11.6. The fourth-order valence-corrected chi connectivity index (χ4v) is 5.61. The smallest absolute Gasteiger partial charge is 0.321 e. The van der Waals surface area contributed by atoms with Gasteiger partial charge in [0.15, 0.2) is 6.61 Å². The number of thiocarbonyl (C=S) groups is 1. The number of thiophene rings is 1. The molecule has 0 bridgehead atoms. The number of carbonyl (C=O) groups is 1. The molecule has 1 saturated heterocycles. The maximum absolute atomic E-state index is 12.0. The number of hydrogen-bond acceptors (Lipinski definition) is 7. The van der Waals surface area contributed by atoms with Crippen LogP contribution in [0.3, 0.4) is 0 Å². The highest BCUT2D eigenvalue weighted by Gasteiger charge is 2.15. The first kappa shape index (κ1) is 26.7. The van der Waals surface area contributed by atoms with Crippen molar-refractivity contribution in [1.29, 1.82) is 0 Å². The fourth-order valence-electron chi connectivity index (χ4n) is 3.74. The van der Waals surface area contributed by atoms with Crippen LogP contribution >= 0.6 is 47.4 Å². The van der Waals surface area contributed by atoms with Crippen molar-refractivity contribution in [2.45, 2.75) is 20.0 Å². The monoisotopic (exact) mass is 559 g/mol. The second-order valence-corrected chi connectivity index (χ2v) is 10.4. The van der Waals surface area contributed by atoms with E-state index in [1.165, 1.54) is 0 Å². The van der Waals surface area contributed by atoms with E-state index in [2.05, 4.69) is 28.6 Å². The van der Waals surface area contributed by atoms with Crippen molar-refractivity contribution in [2.24, 2.45) is 0 Å². The number of pyridine rings is 1. The Kier molecular flexibility index (Phi) is 9.48. The number of hydrogen-bond donors (Lipinski definition) is 1. The zero-order chi connectivity index (χ0) is 25.5. The minimum absolute atomic E-state index is 0.0515. The molecule has 3 heterocycles. The molecule has 0 atom stereocenters. The molecule has 1 aliphatic rings. The first-order valence-corrected chi connectivity index (χ1v) is 13.6. The molecule has 0 unspecified atom stereocenters. The van der Waals surface area contributed by atoms with E-state index < -0.39 is 0 Å². The summed E-state index contributed by atoms with van der Waals surface area (Å²) in [4.78, 5) is 16.6. The van der Waals surface area contributed by atoms with E-state index in [-0.39, 0.29) is 19.1 Å². The summed E-state index contributed by atoms with van der Waals surface area (Å²) in [7, 11) is 0. The van der Waals surface area contributed by atoms with Gasteiger partial charge < -0.3 is 19.4 Å². The van der Waals surface area contributed by atoms with Crippen LogP contribution in [-0.2, 0) is 27.4 Å². The van der Waals surface area contributed by atoms with Crippen molar-refractivity contribution < 1.29 is 14.3 Å². The molecule has 6 nitrogen and oxygen atoms in total. The number of benzene rings is 1. The Morgan fingerprint density at radius 3 is 2.75 bits per heavy atom. The largest absolute Gasteiger partial charge is 0.452 e. The quantitative estimate of drug-likeness (QED) is 0.253. The van der Waals surface area contributed by atoms with Gasteiger partial charge in [-0.15, -0.1) is 11.3 Å². The number of nitrogens with zero attached hydrogens (tertiary/aromatic N) is 2. The molecule has 188 valence electrons. The van der Waals surface area contributed by atoms with Crippen LogP contribution < -0.4 is 5.32 Å². The minimum atomic E-state index is -0.275. The summed E-state index contributed by atoms with van der Waals surface area (Å²) < 4.78 is 13.4. The van der Waals surface area contributed by atoms with Crippen LogP contribution in [-0.4, -0.2) is 59.9 Å². The summed E-state index contributed by atoms with van der Waals surface area (Å²) in [5.74, 6) is 5.79. The lowest BCUT2D eigenvalue weighted by Crippen LogP contribution is -2.40. The van der Waals surface area contributed by atoms with E-state index in [4.69, 9.17) is 45.5 Å². The molecule has 0 radical (unpaired) electrons.